The first-order valence-corrected chi connectivity index (χ1v) is 6.84. The van der Waals surface area contributed by atoms with Gasteiger partial charge in [0.15, 0.2) is 12.4 Å². The Morgan fingerprint density at radius 2 is 2.06 bits per heavy atom. The summed E-state index contributed by atoms with van der Waals surface area (Å²) in [7, 11) is 0. The number of ether oxygens (including phenoxy) is 1. The SMILES string of the molecule is CCCCCCCOC[n+]1cccc(Br)c1. The van der Waals surface area contributed by atoms with Crippen LogP contribution in [0.1, 0.15) is 39.0 Å². The number of hydrogen-bond acceptors (Lipinski definition) is 1. The molecule has 0 atom stereocenters. The second-order valence-corrected chi connectivity index (χ2v) is 4.90. The fraction of sp³-hybridized carbons (Fsp3) is 0.615. The summed E-state index contributed by atoms with van der Waals surface area (Å²) in [4.78, 5) is 0. The molecule has 0 unspecified atom stereocenters. The summed E-state index contributed by atoms with van der Waals surface area (Å²) in [6.07, 6.45) is 10.5. The zero-order valence-corrected chi connectivity index (χ0v) is 11.6. The number of unbranched alkanes of at least 4 members (excludes halogenated alkanes) is 4. The van der Waals surface area contributed by atoms with E-state index in [2.05, 4.69) is 22.9 Å². The molecular weight excluding hydrogens is 266 g/mol. The van der Waals surface area contributed by atoms with Crippen molar-refractivity contribution in [3.63, 3.8) is 0 Å². The van der Waals surface area contributed by atoms with E-state index in [0.717, 1.165) is 11.1 Å². The van der Waals surface area contributed by atoms with Crippen molar-refractivity contribution in [2.45, 2.75) is 45.8 Å². The monoisotopic (exact) mass is 286 g/mol. The minimum atomic E-state index is 0.646. The number of aromatic nitrogens is 1. The molecule has 1 rings (SSSR count). The molecule has 0 saturated heterocycles. The van der Waals surface area contributed by atoms with Crippen LogP contribution in [-0.2, 0) is 11.5 Å². The lowest BCUT2D eigenvalue weighted by atomic mass is 10.2. The number of nitrogens with zero attached hydrogens (tertiary/aromatic N) is 1. The standard InChI is InChI=1S/C13H21BrNO/c1-2-3-4-5-6-10-16-12-15-9-7-8-13(14)11-15/h7-9,11H,2-6,10,12H2,1H3/q+1. The van der Waals surface area contributed by atoms with Gasteiger partial charge in [0.05, 0.1) is 11.1 Å². The molecule has 0 amide bonds. The summed E-state index contributed by atoms with van der Waals surface area (Å²) in [6.45, 7) is 3.75. The van der Waals surface area contributed by atoms with Gasteiger partial charge in [-0.2, -0.15) is 4.57 Å². The molecule has 3 heteroatoms. The largest absolute Gasteiger partial charge is 0.323 e. The molecule has 0 aliphatic heterocycles. The highest BCUT2D eigenvalue weighted by atomic mass is 79.9. The Morgan fingerprint density at radius 1 is 1.25 bits per heavy atom. The minimum absolute atomic E-state index is 0.646. The molecule has 0 aromatic carbocycles. The minimum Gasteiger partial charge on any atom is -0.323 e. The van der Waals surface area contributed by atoms with Crippen LogP contribution in [0.15, 0.2) is 29.0 Å². The van der Waals surface area contributed by atoms with Crippen molar-refractivity contribution in [3.8, 4) is 0 Å². The molecule has 0 aliphatic rings. The maximum absolute atomic E-state index is 5.60. The molecule has 0 aliphatic carbocycles. The average Bonchev–Trinajstić information content (AvgIpc) is 2.28. The van der Waals surface area contributed by atoms with Crippen LogP contribution < -0.4 is 4.57 Å². The molecule has 0 radical (unpaired) electrons. The van der Waals surface area contributed by atoms with Gasteiger partial charge < -0.3 is 4.74 Å². The molecule has 1 aromatic rings. The van der Waals surface area contributed by atoms with E-state index >= 15 is 0 Å². The summed E-state index contributed by atoms with van der Waals surface area (Å²) in [5.41, 5.74) is 0. The molecule has 0 spiro atoms. The molecule has 0 bridgehead atoms. The molecule has 0 N–H and O–H groups in total. The molecular formula is C13H21BrNO+. The van der Waals surface area contributed by atoms with E-state index in [-0.39, 0.29) is 0 Å². The second-order valence-electron chi connectivity index (χ2n) is 3.99. The molecule has 16 heavy (non-hydrogen) atoms. The summed E-state index contributed by atoms with van der Waals surface area (Å²) in [5.74, 6) is 0. The fourth-order valence-electron chi connectivity index (χ4n) is 1.55. The lowest BCUT2D eigenvalue weighted by Crippen LogP contribution is -2.34. The lowest BCUT2D eigenvalue weighted by Gasteiger charge is -2.01. The summed E-state index contributed by atoms with van der Waals surface area (Å²) < 4.78 is 8.72. The van der Waals surface area contributed by atoms with Gasteiger partial charge >= 0.3 is 0 Å². The van der Waals surface area contributed by atoms with Gasteiger partial charge in [0.25, 0.3) is 6.73 Å². The van der Waals surface area contributed by atoms with E-state index in [4.69, 9.17) is 4.74 Å². The third kappa shape index (κ3) is 6.23. The van der Waals surface area contributed by atoms with Gasteiger partial charge in [-0.1, -0.05) is 32.6 Å². The Bertz CT molecular complexity index is 291. The van der Waals surface area contributed by atoms with E-state index in [1.165, 1.54) is 32.1 Å². The third-order valence-corrected chi connectivity index (χ3v) is 2.92. The highest BCUT2D eigenvalue weighted by Crippen LogP contribution is 2.04. The van der Waals surface area contributed by atoms with Crippen LogP contribution in [0.3, 0.4) is 0 Å². The first-order valence-electron chi connectivity index (χ1n) is 6.05. The number of rotatable bonds is 8. The molecule has 90 valence electrons. The van der Waals surface area contributed by atoms with Gasteiger partial charge in [-0.25, -0.2) is 0 Å². The van der Waals surface area contributed by atoms with E-state index in [1.807, 2.05) is 29.1 Å². The Kier molecular flexibility index (Phi) is 7.43. The molecule has 2 nitrogen and oxygen atoms in total. The van der Waals surface area contributed by atoms with Crippen molar-refractivity contribution in [1.82, 2.24) is 0 Å². The van der Waals surface area contributed by atoms with Crippen molar-refractivity contribution < 1.29 is 9.30 Å². The maximum Gasteiger partial charge on any atom is 0.252 e. The zero-order chi connectivity index (χ0) is 11.6. The lowest BCUT2D eigenvalue weighted by molar-refractivity contribution is -0.733. The smallest absolute Gasteiger partial charge is 0.252 e. The second kappa shape index (κ2) is 8.71. The Balaban J connectivity index is 2.03. The van der Waals surface area contributed by atoms with Crippen LogP contribution in [0.4, 0.5) is 0 Å². The van der Waals surface area contributed by atoms with Crippen molar-refractivity contribution in [3.05, 3.63) is 29.0 Å². The van der Waals surface area contributed by atoms with Crippen LogP contribution >= 0.6 is 15.9 Å². The number of pyridine rings is 1. The highest BCUT2D eigenvalue weighted by molar-refractivity contribution is 9.10. The number of hydrogen-bond donors (Lipinski definition) is 0. The first kappa shape index (κ1) is 13.7. The van der Waals surface area contributed by atoms with Crippen molar-refractivity contribution in [2.24, 2.45) is 0 Å². The Hall–Kier alpha value is -0.410. The molecule has 1 aromatic heterocycles. The molecule has 0 saturated carbocycles. The summed E-state index contributed by atoms with van der Waals surface area (Å²) in [5, 5.41) is 0. The quantitative estimate of drug-likeness (QED) is 0.525. The fourth-order valence-corrected chi connectivity index (χ4v) is 1.96. The van der Waals surface area contributed by atoms with Crippen LogP contribution in [-0.4, -0.2) is 6.61 Å². The zero-order valence-electron chi connectivity index (χ0n) is 9.99. The predicted molar refractivity (Wildman–Crippen MR) is 69.0 cm³/mol. The van der Waals surface area contributed by atoms with Gasteiger partial charge in [0.2, 0.25) is 0 Å². The van der Waals surface area contributed by atoms with E-state index in [0.29, 0.717) is 6.73 Å². The average molecular weight is 287 g/mol. The topological polar surface area (TPSA) is 13.1 Å². The van der Waals surface area contributed by atoms with Crippen molar-refractivity contribution in [2.75, 3.05) is 6.61 Å². The van der Waals surface area contributed by atoms with Gasteiger partial charge in [0, 0.05) is 6.07 Å². The van der Waals surface area contributed by atoms with E-state index < -0.39 is 0 Å². The van der Waals surface area contributed by atoms with Crippen molar-refractivity contribution >= 4 is 15.9 Å². The number of halogens is 1. The van der Waals surface area contributed by atoms with Gasteiger partial charge in [-0.3, -0.25) is 0 Å². The normalized spacial score (nSPS) is 10.6. The highest BCUT2D eigenvalue weighted by Gasteiger charge is 1.99. The van der Waals surface area contributed by atoms with Crippen molar-refractivity contribution in [1.29, 1.82) is 0 Å². The summed E-state index contributed by atoms with van der Waals surface area (Å²) in [6, 6.07) is 4.02. The molecule has 0 fully saturated rings. The predicted octanol–water partition coefficient (Wildman–Crippen LogP) is 3.68. The first-order chi connectivity index (χ1) is 7.83. The third-order valence-electron chi connectivity index (χ3n) is 2.45. The van der Waals surface area contributed by atoms with Crippen LogP contribution in [0.25, 0.3) is 0 Å². The molecule has 1 heterocycles. The Labute approximate surface area is 107 Å². The van der Waals surface area contributed by atoms with Gasteiger partial charge in [0.1, 0.15) is 0 Å². The van der Waals surface area contributed by atoms with E-state index in [1.54, 1.807) is 0 Å². The van der Waals surface area contributed by atoms with Gasteiger partial charge in [-0.15, -0.1) is 0 Å². The van der Waals surface area contributed by atoms with E-state index in [9.17, 15) is 0 Å². The van der Waals surface area contributed by atoms with Crippen LogP contribution in [0, 0.1) is 0 Å². The van der Waals surface area contributed by atoms with Crippen LogP contribution in [0.5, 0.6) is 0 Å². The Morgan fingerprint density at radius 3 is 2.81 bits per heavy atom. The maximum atomic E-state index is 5.60. The van der Waals surface area contributed by atoms with Gasteiger partial charge in [-0.05, 0) is 28.4 Å². The summed E-state index contributed by atoms with van der Waals surface area (Å²) >= 11 is 3.44. The van der Waals surface area contributed by atoms with Crippen LogP contribution in [0.2, 0.25) is 0 Å².